The number of nitrogens with zero attached hydrogens (tertiary/aromatic N) is 1. The predicted octanol–water partition coefficient (Wildman–Crippen LogP) is 2.81. The molecule has 1 aromatic heterocycles. The molecule has 1 heterocycles. The van der Waals surface area contributed by atoms with Gasteiger partial charge in [0, 0.05) is 31.5 Å². The number of hydrogen-bond acceptors (Lipinski definition) is 3. The first kappa shape index (κ1) is 15.1. The highest BCUT2D eigenvalue weighted by molar-refractivity contribution is 5.05. The maximum Gasteiger partial charge on any atom is 0.0637 e. The zero-order chi connectivity index (χ0) is 13.4. The van der Waals surface area contributed by atoms with Crippen LogP contribution in [0.15, 0.2) is 24.4 Å². The molecule has 0 amide bonds. The van der Waals surface area contributed by atoms with Crippen LogP contribution in [0.1, 0.15) is 39.3 Å². The van der Waals surface area contributed by atoms with Crippen LogP contribution in [-0.4, -0.2) is 30.3 Å². The fourth-order valence-corrected chi connectivity index (χ4v) is 2.01. The molecule has 1 N–H and O–H groups in total. The molecule has 0 saturated heterocycles. The molecule has 0 aromatic carbocycles. The summed E-state index contributed by atoms with van der Waals surface area (Å²) in [6.07, 6.45) is 4.94. The van der Waals surface area contributed by atoms with E-state index in [0.717, 1.165) is 31.5 Å². The molecule has 1 unspecified atom stereocenters. The van der Waals surface area contributed by atoms with Crippen LogP contribution >= 0.6 is 0 Å². The van der Waals surface area contributed by atoms with E-state index in [-0.39, 0.29) is 5.60 Å². The lowest BCUT2D eigenvalue weighted by Crippen LogP contribution is -2.39. The van der Waals surface area contributed by atoms with Crippen LogP contribution < -0.4 is 5.32 Å². The molecule has 0 aliphatic heterocycles. The van der Waals surface area contributed by atoms with E-state index in [9.17, 15) is 0 Å². The first-order valence-corrected chi connectivity index (χ1v) is 6.76. The van der Waals surface area contributed by atoms with Gasteiger partial charge >= 0.3 is 0 Å². The Kier molecular flexibility index (Phi) is 6.30. The van der Waals surface area contributed by atoms with Crippen LogP contribution in [0.3, 0.4) is 0 Å². The lowest BCUT2D eigenvalue weighted by Gasteiger charge is -2.29. The van der Waals surface area contributed by atoms with E-state index in [1.165, 1.54) is 0 Å². The van der Waals surface area contributed by atoms with Gasteiger partial charge < -0.3 is 10.1 Å². The minimum absolute atomic E-state index is 0.0970. The van der Waals surface area contributed by atoms with Crippen LogP contribution in [0, 0.1) is 0 Å². The fourth-order valence-electron chi connectivity index (χ4n) is 2.01. The number of methoxy groups -OCH3 is 1. The van der Waals surface area contributed by atoms with Crippen molar-refractivity contribution >= 4 is 0 Å². The zero-order valence-electron chi connectivity index (χ0n) is 12.1. The van der Waals surface area contributed by atoms with Crippen LogP contribution in [0.4, 0.5) is 0 Å². The minimum atomic E-state index is -0.0970. The third-order valence-corrected chi connectivity index (χ3v) is 3.16. The number of pyridine rings is 1. The van der Waals surface area contributed by atoms with E-state index in [1.54, 1.807) is 7.11 Å². The molecule has 0 aliphatic carbocycles. The van der Waals surface area contributed by atoms with Crippen molar-refractivity contribution in [2.24, 2.45) is 0 Å². The Bertz CT molecular complexity index is 325. The van der Waals surface area contributed by atoms with Gasteiger partial charge in [-0.2, -0.15) is 0 Å². The fraction of sp³-hybridized carbons (Fsp3) is 0.667. The van der Waals surface area contributed by atoms with Gasteiger partial charge in [-0.05, 0) is 45.4 Å². The molecule has 0 bridgehead atoms. The van der Waals surface area contributed by atoms with Crippen molar-refractivity contribution in [3.05, 3.63) is 30.1 Å². The number of hydrogen-bond donors (Lipinski definition) is 1. The van der Waals surface area contributed by atoms with Crippen molar-refractivity contribution < 1.29 is 4.74 Å². The summed E-state index contributed by atoms with van der Waals surface area (Å²) in [7, 11) is 1.78. The van der Waals surface area contributed by atoms with Gasteiger partial charge in [0.1, 0.15) is 0 Å². The highest BCUT2D eigenvalue weighted by atomic mass is 16.5. The molecule has 0 spiro atoms. The van der Waals surface area contributed by atoms with Crippen molar-refractivity contribution in [2.75, 3.05) is 13.7 Å². The number of rotatable bonds is 8. The van der Waals surface area contributed by atoms with Gasteiger partial charge in [-0.15, -0.1) is 0 Å². The molecule has 1 aromatic rings. The summed E-state index contributed by atoms with van der Waals surface area (Å²) >= 11 is 0. The number of ether oxygens (including phenoxy) is 1. The highest BCUT2D eigenvalue weighted by Gasteiger charge is 2.22. The molecule has 3 heteroatoms. The van der Waals surface area contributed by atoms with E-state index in [0.29, 0.717) is 6.04 Å². The Hall–Kier alpha value is -0.930. The molecule has 1 rings (SSSR count). The zero-order valence-corrected chi connectivity index (χ0v) is 12.1. The molecular weight excluding hydrogens is 224 g/mol. The summed E-state index contributed by atoms with van der Waals surface area (Å²) in [5, 5.41) is 3.59. The standard InChI is InChI=1S/C15H26N2O/c1-5-9-16-14(12-15(2,3)18-4)11-13-8-6-7-10-17-13/h6-8,10,14,16H,5,9,11-12H2,1-4H3. The SMILES string of the molecule is CCCNC(Cc1ccccn1)CC(C)(C)OC. The minimum Gasteiger partial charge on any atom is -0.379 e. The summed E-state index contributed by atoms with van der Waals surface area (Å²) in [6.45, 7) is 7.49. The van der Waals surface area contributed by atoms with Gasteiger partial charge in [0.15, 0.2) is 0 Å². The molecule has 1 atom stereocenters. The van der Waals surface area contributed by atoms with Crippen LogP contribution in [0.2, 0.25) is 0 Å². The Morgan fingerprint density at radius 2 is 2.17 bits per heavy atom. The Balaban J connectivity index is 2.60. The summed E-state index contributed by atoms with van der Waals surface area (Å²) in [6, 6.07) is 6.49. The topological polar surface area (TPSA) is 34.2 Å². The Morgan fingerprint density at radius 3 is 2.72 bits per heavy atom. The van der Waals surface area contributed by atoms with Crippen molar-refractivity contribution in [3.8, 4) is 0 Å². The quantitative estimate of drug-likeness (QED) is 0.770. The van der Waals surface area contributed by atoms with E-state index in [4.69, 9.17) is 4.74 Å². The molecular formula is C15H26N2O. The maximum atomic E-state index is 5.53. The van der Waals surface area contributed by atoms with E-state index < -0.39 is 0 Å². The summed E-state index contributed by atoms with van der Waals surface area (Å²) < 4.78 is 5.53. The lowest BCUT2D eigenvalue weighted by molar-refractivity contribution is 0.00707. The van der Waals surface area contributed by atoms with Crippen molar-refractivity contribution in [2.45, 2.75) is 51.7 Å². The second kappa shape index (κ2) is 7.49. The van der Waals surface area contributed by atoms with Gasteiger partial charge in [-0.1, -0.05) is 13.0 Å². The smallest absolute Gasteiger partial charge is 0.0637 e. The van der Waals surface area contributed by atoms with Crippen molar-refractivity contribution in [3.63, 3.8) is 0 Å². The monoisotopic (exact) mass is 250 g/mol. The van der Waals surface area contributed by atoms with Gasteiger partial charge in [0.25, 0.3) is 0 Å². The molecule has 3 nitrogen and oxygen atoms in total. The average Bonchev–Trinajstić information content (AvgIpc) is 2.37. The molecule has 0 saturated carbocycles. The van der Waals surface area contributed by atoms with E-state index >= 15 is 0 Å². The second-order valence-electron chi connectivity index (χ2n) is 5.34. The second-order valence-corrected chi connectivity index (χ2v) is 5.34. The molecule has 102 valence electrons. The maximum absolute atomic E-state index is 5.53. The number of aromatic nitrogens is 1. The normalized spacial score (nSPS) is 13.6. The Morgan fingerprint density at radius 1 is 1.39 bits per heavy atom. The van der Waals surface area contributed by atoms with E-state index in [1.807, 2.05) is 18.3 Å². The van der Waals surface area contributed by atoms with E-state index in [2.05, 4.69) is 37.1 Å². The lowest BCUT2D eigenvalue weighted by atomic mass is 9.95. The molecule has 0 fully saturated rings. The van der Waals surface area contributed by atoms with Crippen molar-refractivity contribution in [1.82, 2.24) is 10.3 Å². The van der Waals surface area contributed by atoms with Crippen LogP contribution in [-0.2, 0) is 11.2 Å². The first-order chi connectivity index (χ1) is 8.57. The van der Waals surface area contributed by atoms with Gasteiger partial charge in [0.2, 0.25) is 0 Å². The molecule has 18 heavy (non-hydrogen) atoms. The van der Waals surface area contributed by atoms with Gasteiger partial charge in [-0.3, -0.25) is 4.98 Å². The summed E-state index contributed by atoms with van der Waals surface area (Å²) in [5.41, 5.74) is 1.04. The highest BCUT2D eigenvalue weighted by Crippen LogP contribution is 2.17. The average molecular weight is 250 g/mol. The molecule has 0 radical (unpaired) electrons. The van der Waals surface area contributed by atoms with Crippen LogP contribution in [0.25, 0.3) is 0 Å². The molecule has 0 aliphatic rings. The largest absolute Gasteiger partial charge is 0.379 e. The van der Waals surface area contributed by atoms with Crippen LogP contribution in [0.5, 0.6) is 0 Å². The first-order valence-electron chi connectivity index (χ1n) is 6.76. The Labute approximate surface area is 111 Å². The third kappa shape index (κ3) is 5.61. The predicted molar refractivity (Wildman–Crippen MR) is 75.7 cm³/mol. The van der Waals surface area contributed by atoms with Gasteiger partial charge in [-0.25, -0.2) is 0 Å². The summed E-state index contributed by atoms with van der Waals surface area (Å²) in [5.74, 6) is 0. The van der Waals surface area contributed by atoms with Crippen molar-refractivity contribution in [1.29, 1.82) is 0 Å². The van der Waals surface area contributed by atoms with Gasteiger partial charge in [0.05, 0.1) is 5.60 Å². The number of nitrogens with one attached hydrogen (secondary N) is 1. The third-order valence-electron chi connectivity index (χ3n) is 3.16. The summed E-state index contributed by atoms with van der Waals surface area (Å²) in [4.78, 5) is 4.40.